The van der Waals surface area contributed by atoms with Gasteiger partial charge in [-0.2, -0.15) is 27.1 Å². The second-order valence-electron chi connectivity index (χ2n) is 5.06. The summed E-state index contributed by atoms with van der Waals surface area (Å²) in [6.45, 7) is -1.32. The van der Waals surface area contributed by atoms with Gasteiger partial charge in [0.15, 0.2) is 17.2 Å². The van der Waals surface area contributed by atoms with Crippen molar-refractivity contribution in [1.82, 2.24) is 9.78 Å². The molecule has 0 bridgehead atoms. The Morgan fingerprint density at radius 2 is 2.00 bits per heavy atom. The number of ether oxygens (including phenoxy) is 2. The largest absolute Gasteiger partial charge is 0.490 e. The smallest absolute Gasteiger partial charge is 0.436 e. The predicted molar refractivity (Wildman–Crippen MR) is 88.1 cm³/mol. The highest BCUT2D eigenvalue weighted by Crippen LogP contribution is 2.36. The topological polar surface area (TPSA) is 65.4 Å². The Kier molecular flexibility index (Phi) is 6.29. The number of hydrogen-bond acceptors (Lipinski definition) is 4. The molecule has 6 nitrogen and oxygen atoms in total. The van der Waals surface area contributed by atoms with Crippen molar-refractivity contribution in [3.63, 3.8) is 0 Å². The van der Waals surface area contributed by atoms with Crippen molar-refractivity contribution in [2.75, 3.05) is 11.9 Å². The van der Waals surface area contributed by atoms with Gasteiger partial charge in [0.1, 0.15) is 5.69 Å². The molecular formula is C15H13BrF5N3O3. The summed E-state index contributed by atoms with van der Waals surface area (Å²) in [5.41, 5.74) is -1.51. The molecule has 27 heavy (non-hydrogen) atoms. The number of amides is 1. The summed E-state index contributed by atoms with van der Waals surface area (Å²) < 4.78 is 73.2. The molecule has 148 valence electrons. The van der Waals surface area contributed by atoms with Crippen molar-refractivity contribution in [1.29, 1.82) is 0 Å². The number of hydrogen-bond donors (Lipinski definition) is 1. The molecule has 2 aromatic rings. The SMILES string of the molecule is CCOc1cc(NC(=O)c2c(Br)c(C(F)(F)F)nn2C)ccc1OC(F)F. The quantitative estimate of drug-likeness (QED) is 0.650. The second-order valence-corrected chi connectivity index (χ2v) is 5.85. The highest BCUT2D eigenvalue weighted by Gasteiger charge is 2.39. The minimum Gasteiger partial charge on any atom is -0.490 e. The highest BCUT2D eigenvalue weighted by molar-refractivity contribution is 9.10. The van der Waals surface area contributed by atoms with Gasteiger partial charge in [-0.3, -0.25) is 9.48 Å². The molecule has 0 fully saturated rings. The van der Waals surface area contributed by atoms with Gasteiger partial charge in [0, 0.05) is 18.8 Å². The van der Waals surface area contributed by atoms with Crippen LogP contribution in [0.25, 0.3) is 0 Å². The van der Waals surface area contributed by atoms with Gasteiger partial charge in [-0.25, -0.2) is 0 Å². The third kappa shape index (κ3) is 4.87. The summed E-state index contributed by atoms with van der Waals surface area (Å²) in [5, 5.41) is 5.66. The average Bonchev–Trinajstić information content (AvgIpc) is 2.84. The molecule has 0 saturated carbocycles. The molecule has 1 heterocycles. The van der Waals surface area contributed by atoms with E-state index in [1.807, 2.05) is 0 Å². The first-order chi connectivity index (χ1) is 12.5. The van der Waals surface area contributed by atoms with Crippen LogP contribution >= 0.6 is 15.9 Å². The van der Waals surface area contributed by atoms with Gasteiger partial charge in [0.05, 0.1) is 11.1 Å². The van der Waals surface area contributed by atoms with Crippen LogP contribution in [0.15, 0.2) is 22.7 Å². The van der Waals surface area contributed by atoms with Crippen LogP contribution in [0, 0.1) is 0 Å². The zero-order valence-electron chi connectivity index (χ0n) is 13.9. The zero-order valence-corrected chi connectivity index (χ0v) is 15.5. The molecule has 1 amide bonds. The summed E-state index contributed by atoms with van der Waals surface area (Å²) in [5.74, 6) is -1.20. The standard InChI is InChI=1S/C15H13BrF5N3O3/c1-3-26-9-6-7(4-5-8(9)27-14(17)18)22-13(25)11-10(16)12(15(19,20)21)23-24(11)2/h4-6,14H,3H2,1-2H3,(H,22,25). The molecule has 0 unspecified atom stereocenters. The molecule has 1 N–H and O–H groups in total. The monoisotopic (exact) mass is 457 g/mol. The minimum atomic E-state index is -4.74. The van der Waals surface area contributed by atoms with Gasteiger partial charge in [0.2, 0.25) is 0 Å². The zero-order chi connectivity index (χ0) is 20.4. The number of halogens is 6. The number of anilines is 1. The van der Waals surface area contributed by atoms with E-state index in [-0.39, 0.29) is 29.5 Å². The average molecular weight is 458 g/mol. The van der Waals surface area contributed by atoms with Gasteiger partial charge < -0.3 is 14.8 Å². The van der Waals surface area contributed by atoms with E-state index in [1.165, 1.54) is 19.2 Å². The summed E-state index contributed by atoms with van der Waals surface area (Å²) in [6.07, 6.45) is -4.74. The fourth-order valence-corrected chi connectivity index (χ4v) is 2.90. The second kappa shape index (κ2) is 8.11. The number of aromatic nitrogens is 2. The van der Waals surface area contributed by atoms with E-state index in [9.17, 15) is 26.7 Å². The number of benzene rings is 1. The molecule has 0 aliphatic carbocycles. The van der Waals surface area contributed by atoms with Crippen LogP contribution in [0.3, 0.4) is 0 Å². The van der Waals surface area contributed by atoms with Crippen LogP contribution in [-0.4, -0.2) is 28.9 Å². The van der Waals surface area contributed by atoms with Crippen molar-refractivity contribution in [2.24, 2.45) is 7.05 Å². The Morgan fingerprint density at radius 1 is 1.33 bits per heavy atom. The summed E-state index contributed by atoms with van der Waals surface area (Å²) >= 11 is 2.74. The van der Waals surface area contributed by atoms with E-state index in [4.69, 9.17) is 4.74 Å². The first-order valence-corrected chi connectivity index (χ1v) is 8.16. The maximum Gasteiger partial charge on any atom is 0.436 e. The number of aryl methyl sites for hydroxylation is 1. The van der Waals surface area contributed by atoms with Crippen LogP contribution in [0.4, 0.5) is 27.6 Å². The summed E-state index contributed by atoms with van der Waals surface area (Å²) in [4.78, 5) is 12.4. The molecular weight excluding hydrogens is 445 g/mol. The Balaban J connectivity index is 2.31. The molecule has 0 aliphatic rings. The number of rotatable bonds is 6. The van der Waals surface area contributed by atoms with Gasteiger partial charge in [-0.05, 0) is 35.0 Å². The highest BCUT2D eigenvalue weighted by atomic mass is 79.9. The van der Waals surface area contributed by atoms with Crippen LogP contribution in [0.2, 0.25) is 0 Å². The normalized spacial score (nSPS) is 11.6. The molecule has 0 atom stereocenters. The number of nitrogens with zero attached hydrogens (tertiary/aromatic N) is 2. The van der Waals surface area contributed by atoms with Crippen LogP contribution in [0.5, 0.6) is 11.5 Å². The van der Waals surface area contributed by atoms with Crippen molar-refractivity contribution >= 4 is 27.5 Å². The lowest BCUT2D eigenvalue weighted by Gasteiger charge is -2.13. The first kappa shape index (κ1) is 20.9. The summed E-state index contributed by atoms with van der Waals surface area (Å²) in [7, 11) is 1.18. The van der Waals surface area contributed by atoms with Gasteiger partial charge >= 0.3 is 12.8 Å². The van der Waals surface area contributed by atoms with Crippen LogP contribution in [0.1, 0.15) is 23.1 Å². The maximum atomic E-state index is 12.9. The fraction of sp³-hybridized carbons (Fsp3) is 0.333. The van der Waals surface area contributed by atoms with Crippen molar-refractivity contribution in [3.8, 4) is 11.5 Å². The molecule has 0 spiro atoms. The third-order valence-electron chi connectivity index (χ3n) is 3.19. The van der Waals surface area contributed by atoms with E-state index in [0.717, 1.165) is 10.7 Å². The number of carbonyl (C=O) groups excluding carboxylic acids is 1. The van der Waals surface area contributed by atoms with Crippen molar-refractivity contribution in [2.45, 2.75) is 19.7 Å². The Bertz CT molecular complexity index is 839. The van der Waals surface area contributed by atoms with Crippen molar-refractivity contribution < 1.29 is 36.2 Å². The van der Waals surface area contributed by atoms with Crippen LogP contribution in [-0.2, 0) is 13.2 Å². The number of alkyl halides is 5. The fourth-order valence-electron chi connectivity index (χ4n) is 2.16. The molecule has 0 radical (unpaired) electrons. The van der Waals surface area contributed by atoms with E-state index >= 15 is 0 Å². The minimum absolute atomic E-state index is 0.0596. The van der Waals surface area contributed by atoms with E-state index < -0.39 is 28.9 Å². The number of nitrogens with one attached hydrogen (secondary N) is 1. The summed E-state index contributed by atoms with van der Waals surface area (Å²) in [6, 6.07) is 3.60. The van der Waals surface area contributed by atoms with Gasteiger partial charge in [0.25, 0.3) is 5.91 Å². The Hall–Kier alpha value is -2.37. The maximum absolute atomic E-state index is 12.9. The number of carbonyl (C=O) groups is 1. The molecule has 2 rings (SSSR count). The molecule has 0 saturated heterocycles. The van der Waals surface area contributed by atoms with E-state index in [2.05, 4.69) is 31.1 Å². The third-order valence-corrected chi connectivity index (χ3v) is 3.94. The Morgan fingerprint density at radius 3 is 2.52 bits per heavy atom. The van der Waals surface area contributed by atoms with Crippen LogP contribution < -0.4 is 14.8 Å². The molecule has 1 aromatic carbocycles. The lowest BCUT2D eigenvalue weighted by atomic mass is 10.2. The lowest BCUT2D eigenvalue weighted by Crippen LogP contribution is -2.17. The lowest BCUT2D eigenvalue weighted by molar-refractivity contribution is -0.142. The van der Waals surface area contributed by atoms with Gasteiger partial charge in [-0.1, -0.05) is 0 Å². The van der Waals surface area contributed by atoms with Crippen molar-refractivity contribution in [3.05, 3.63) is 34.1 Å². The van der Waals surface area contributed by atoms with E-state index in [1.54, 1.807) is 6.92 Å². The first-order valence-electron chi connectivity index (χ1n) is 7.37. The Labute approximate surface area is 158 Å². The molecule has 0 aliphatic heterocycles. The van der Waals surface area contributed by atoms with E-state index in [0.29, 0.717) is 0 Å². The predicted octanol–water partition coefficient (Wildman–Crippen LogP) is 4.45. The molecule has 12 heteroatoms. The molecule has 1 aromatic heterocycles. The van der Waals surface area contributed by atoms with Gasteiger partial charge in [-0.15, -0.1) is 0 Å².